The fraction of sp³-hybridized carbons (Fsp3) is 0.345. The predicted molar refractivity (Wildman–Crippen MR) is 148 cm³/mol. The molecule has 1 aliphatic heterocycles. The maximum absolute atomic E-state index is 14.6. The summed E-state index contributed by atoms with van der Waals surface area (Å²) in [6, 6.07) is 8.42. The van der Waals surface area contributed by atoms with Crippen LogP contribution in [0.5, 0.6) is 17.2 Å². The number of benzene rings is 2. The molecule has 1 aromatic heterocycles. The standard InChI is InChI=1S/C29H30F4N4O7/c1-15(38)12-43-20-9-6-17(10-21(20)42-3)25(39)35-13-28(41,29(31,32)33)22-11-19-24(44-14-27(19,2)37-26(34)40)23(36-22)16-4-7-18(30)8-5-16/h4-11,15,38,41H,12-14H2,1-3H3,(H,35,39)(H3,34,37,40)/t15-,27-,28?/m1/s1. The quantitative estimate of drug-likeness (QED) is 0.215. The zero-order valence-electron chi connectivity index (χ0n) is 23.8. The molecule has 0 saturated heterocycles. The van der Waals surface area contributed by atoms with E-state index in [0.29, 0.717) is 0 Å². The molecule has 0 bridgehead atoms. The third kappa shape index (κ3) is 6.48. The van der Waals surface area contributed by atoms with Crippen LogP contribution in [0.1, 0.15) is 35.5 Å². The normalized spacial score (nSPS) is 17.9. The molecule has 6 N–H and O–H groups in total. The molecule has 2 aromatic carbocycles. The second-order valence-corrected chi connectivity index (χ2v) is 10.4. The molecule has 2 heterocycles. The summed E-state index contributed by atoms with van der Waals surface area (Å²) < 4.78 is 73.9. The van der Waals surface area contributed by atoms with E-state index in [0.717, 1.165) is 18.2 Å². The third-order valence-corrected chi connectivity index (χ3v) is 6.89. The number of hydrogen-bond donors (Lipinski definition) is 5. The Kier molecular flexibility index (Phi) is 8.93. The van der Waals surface area contributed by atoms with Crippen molar-refractivity contribution in [2.24, 2.45) is 5.73 Å². The number of amides is 3. The number of primary amides is 1. The summed E-state index contributed by atoms with van der Waals surface area (Å²) >= 11 is 0. The smallest absolute Gasteiger partial charge is 0.424 e. The minimum absolute atomic E-state index is 0.00448. The number of aromatic nitrogens is 1. The molecule has 1 aliphatic rings. The Balaban J connectivity index is 1.74. The second-order valence-electron chi connectivity index (χ2n) is 10.4. The molecular formula is C29H30F4N4O7. The minimum atomic E-state index is -5.37. The van der Waals surface area contributed by atoms with Gasteiger partial charge in [0.2, 0.25) is 5.60 Å². The highest BCUT2D eigenvalue weighted by Crippen LogP contribution is 2.47. The summed E-state index contributed by atoms with van der Waals surface area (Å²) in [5.74, 6) is -1.35. The highest BCUT2D eigenvalue weighted by Gasteiger charge is 2.57. The molecule has 4 rings (SSSR count). The number of ether oxygens (including phenoxy) is 3. The molecule has 1 unspecified atom stereocenters. The summed E-state index contributed by atoms with van der Waals surface area (Å²) in [4.78, 5) is 28.8. The maximum atomic E-state index is 14.6. The van der Waals surface area contributed by atoms with Crippen LogP contribution in [0.25, 0.3) is 11.3 Å². The fourth-order valence-electron chi connectivity index (χ4n) is 4.56. The van der Waals surface area contributed by atoms with Gasteiger partial charge < -0.3 is 40.8 Å². The highest BCUT2D eigenvalue weighted by molar-refractivity contribution is 5.95. The molecule has 11 nitrogen and oxygen atoms in total. The molecule has 3 amide bonds. The fourth-order valence-corrected chi connectivity index (χ4v) is 4.56. The molecule has 44 heavy (non-hydrogen) atoms. The van der Waals surface area contributed by atoms with Crippen molar-refractivity contribution in [3.63, 3.8) is 0 Å². The summed E-state index contributed by atoms with van der Waals surface area (Å²) in [6.45, 7) is 1.28. The van der Waals surface area contributed by atoms with Crippen LogP contribution in [0, 0.1) is 5.82 Å². The van der Waals surface area contributed by atoms with Crippen LogP contribution in [-0.4, -0.2) is 66.3 Å². The van der Waals surface area contributed by atoms with E-state index in [2.05, 4.69) is 15.6 Å². The van der Waals surface area contributed by atoms with E-state index >= 15 is 0 Å². The van der Waals surface area contributed by atoms with Crippen LogP contribution >= 0.6 is 0 Å². The number of nitrogens with one attached hydrogen (secondary N) is 2. The van der Waals surface area contributed by atoms with Crippen molar-refractivity contribution in [1.29, 1.82) is 0 Å². The van der Waals surface area contributed by atoms with Crippen molar-refractivity contribution in [2.75, 3.05) is 26.9 Å². The van der Waals surface area contributed by atoms with Gasteiger partial charge in [-0.05, 0) is 62.4 Å². The van der Waals surface area contributed by atoms with Gasteiger partial charge in [0, 0.05) is 16.7 Å². The first kappa shape index (κ1) is 32.3. The number of methoxy groups -OCH3 is 1. The molecule has 236 valence electrons. The number of carbonyl (C=O) groups excluding carboxylic acids is 2. The molecule has 15 heteroatoms. The summed E-state index contributed by atoms with van der Waals surface area (Å²) in [5.41, 5.74) is -0.888. The number of hydrogen-bond acceptors (Lipinski definition) is 8. The Morgan fingerprint density at radius 3 is 2.43 bits per heavy atom. The van der Waals surface area contributed by atoms with Gasteiger partial charge in [0.1, 0.15) is 30.3 Å². The van der Waals surface area contributed by atoms with Crippen LogP contribution < -0.4 is 30.6 Å². The Bertz CT molecular complexity index is 1550. The van der Waals surface area contributed by atoms with Gasteiger partial charge in [0.15, 0.2) is 17.2 Å². The lowest BCUT2D eigenvalue weighted by Gasteiger charge is -2.32. The van der Waals surface area contributed by atoms with Gasteiger partial charge in [-0.3, -0.25) is 4.79 Å². The van der Waals surface area contributed by atoms with Crippen LogP contribution in [0.15, 0.2) is 48.5 Å². The number of aliphatic hydroxyl groups is 2. The van der Waals surface area contributed by atoms with Crippen molar-refractivity contribution in [2.45, 2.75) is 37.3 Å². The van der Waals surface area contributed by atoms with E-state index in [9.17, 15) is 37.4 Å². The number of carbonyl (C=O) groups is 2. The molecule has 3 aromatic rings. The molecule has 0 spiro atoms. The number of urea groups is 1. The lowest BCUT2D eigenvalue weighted by atomic mass is 9.88. The topological polar surface area (TPSA) is 165 Å². The molecule has 0 saturated carbocycles. The van der Waals surface area contributed by atoms with Crippen LogP contribution in [0.3, 0.4) is 0 Å². The SMILES string of the molecule is COc1cc(C(=O)NCC(O)(c2cc3c(c(-c4ccc(F)cc4)n2)OC[C@@]3(C)NC(N)=O)C(F)(F)F)ccc1OC[C@@H](C)O. The van der Waals surface area contributed by atoms with Crippen LogP contribution in [-0.2, 0) is 11.1 Å². The third-order valence-electron chi connectivity index (χ3n) is 6.89. The Morgan fingerprint density at radius 1 is 1.16 bits per heavy atom. The van der Waals surface area contributed by atoms with Crippen LogP contribution in [0.4, 0.5) is 22.4 Å². The van der Waals surface area contributed by atoms with E-state index in [4.69, 9.17) is 19.9 Å². The van der Waals surface area contributed by atoms with Gasteiger partial charge >= 0.3 is 12.2 Å². The van der Waals surface area contributed by atoms with E-state index in [1.807, 2.05) is 0 Å². The number of rotatable bonds is 10. The Labute approximate surface area is 248 Å². The van der Waals surface area contributed by atoms with E-state index in [1.54, 1.807) is 0 Å². The monoisotopic (exact) mass is 622 g/mol. The van der Waals surface area contributed by atoms with Crippen molar-refractivity contribution in [1.82, 2.24) is 15.6 Å². The first-order valence-corrected chi connectivity index (χ1v) is 13.2. The minimum Gasteiger partial charge on any atom is -0.493 e. The number of aliphatic hydroxyl groups excluding tert-OH is 1. The Morgan fingerprint density at radius 2 is 1.84 bits per heavy atom. The van der Waals surface area contributed by atoms with Gasteiger partial charge in [0.25, 0.3) is 5.91 Å². The van der Waals surface area contributed by atoms with Gasteiger partial charge in [-0.25, -0.2) is 14.2 Å². The number of halogens is 4. The average molecular weight is 623 g/mol. The summed E-state index contributed by atoms with van der Waals surface area (Å²) in [6.07, 6.45) is -6.17. The van der Waals surface area contributed by atoms with Crippen LogP contribution in [0.2, 0.25) is 0 Å². The number of nitrogens with two attached hydrogens (primary N) is 1. The lowest BCUT2D eigenvalue weighted by Crippen LogP contribution is -2.52. The summed E-state index contributed by atoms with van der Waals surface area (Å²) in [7, 11) is 1.29. The zero-order chi connectivity index (χ0) is 32.4. The molecule has 3 atom stereocenters. The van der Waals surface area contributed by atoms with Gasteiger partial charge in [-0.15, -0.1) is 0 Å². The van der Waals surface area contributed by atoms with Gasteiger partial charge in [-0.1, -0.05) is 0 Å². The van der Waals surface area contributed by atoms with E-state index in [1.165, 1.54) is 51.3 Å². The summed E-state index contributed by atoms with van der Waals surface area (Å²) in [5, 5.41) is 25.2. The second kappa shape index (κ2) is 12.2. The first-order chi connectivity index (χ1) is 20.6. The van der Waals surface area contributed by atoms with E-state index < -0.39 is 53.4 Å². The van der Waals surface area contributed by atoms with Gasteiger partial charge in [-0.2, -0.15) is 13.2 Å². The maximum Gasteiger partial charge on any atom is 0.424 e. The Hall–Kier alpha value is -4.63. The number of nitrogens with zero attached hydrogens (tertiary/aromatic N) is 1. The van der Waals surface area contributed by atoms with Gasteiger partial charge in [0.05, 0.1) is 25.5 Å². The molecule has 0 radical (unpaired) electrons. The highest BCUT2D eigenvalue weighted by atomic mass is 19.4. The number of pyridine rings is 1. The van der Waals surface area contributed by atoms with E-state index in [-0.39, 0.29) is 52.8 Å². The molecule has 0 aliphatic carbocycles. The molecular weight excluding hydrogens is 592 g/mol. The average Bonchev–Trinajstić information content (AvgIpc) is 3.29. The predicted octanol–water partition coefficient (Wildman–Crippen LogP) is 3.11. The first-order valence-electron chi connectivity index (χ1n) is 13.2. The van der Waals surface area contributed by atoms with Crippen molar-refractivity contribution in [3.05, 3.63) is 71.2 Å². The van der Waals surface area contributed by atoms with Crippen molar-refractivity contribution >= 4 is 11.9 Å². The molecule has 0 fully saturated rings. The van der Waals surface area contributed by atoms with Crippen molar-refractivity contribution < 1.29 is 51.6 Å². The number of fused-ring (bicyclic) bond motifs is 1. The number of alkyl halides is 3. The largest absolute Gasteiger partial charge is 0.493 e. The lowest BCUT2D eigenvalue weighted by molar-refractivity contribution is -0.265. The van der Waals surface area contributed by atoms with Crippen molar-refractivity contribution in [3.8, 4) is 28.5 Å². The zero-order valence-corrected chi connectivity index (χ0v) is 23.8.